The number of nitriles is 1. The molecule has 0 spiro atoms. The van der Waals surface area contributed by atoms with E-state index in [2.05, 4.69) is 0 Å². The van der Waals surface area contributed by atoms with E-state index < -0.39 is 0 Å². The van der Waals surface area contributed by atoms with Crippen molar-refractivity contribution in [3.8, 4) is 5.40 Å². The minimum absolute atomic E-state index is 0.0314. The van der Waals surface area contributed by atoms with E-state index in [1.165, 1.54) is 6.92 Å². The van der Waals surface area contributed by atoms with Gasteiger partial charge in [0.1, 0.15) is 11.2 Å². The summed E-state index contributed by atoms with van der Waals surface area (Å²) >= 11 is 0.944. The number of thiocyanates is 1. The van der Waals surface area contributed by atoms with Crippen LogP contribution >= 0.6 is 11.8 Å². The fourth-order valence-corrected chi connectivity index (χ4v) is 1.88. The van der Waals surface area contributed by atoms with Gasteiger partial charge in [0.2, 0.25) is 5.91 Å². The van der Waals surface area contributed by atoms with Crippen LogP contribution in [-0.4, -0.2) is 34.9 Å². The second-order valence-electron chi connectivity index (χ2n) is 2.88. The van der Waals surface area contributed by atoms with Crippen LogP contribution in [0.3, 0.4) is 0 Å². The first-order valence-corrected chi connectivity index (χ1v) is 4.86. The number of ketones is 1. The Morgan fingerprint density at radius 2 is 2.46 bits per heavy atom. The molecule has 1 aliphatic rings. The van der Waals surface area contributed by atoms with Gasteiger partial charge in [-0.3, -0.25) is 9.59 Å². The standard InChI is InChI=1S/C8H10N2O2S/c1-6(11)10-3-2-7(12)8(4-10)13-5-9/h8H,2-4H2,1H3. The van der Waals surface area contributed by atoms with Crippen LogP contribution in [0, 0.1) is 10.7 Å². The molecule has 0 aromatic heterocycles. The molecule has 1 heterocycles. The first-order valence-electron chi connectivity index (χ1n) is 3.98. The number of carbonyl (C=O) groups is 2. The Morgan fingerprint density at radius 1 is 1.77 bits per heavy atom. The number of rotatable bonds is 1. The van der Waals surface area contributed by atoms with Crippen LogP contribution in [0.1, 0.15) is 13.3 Å². The van der Waals surface area contributed by atoms with Gasteiger partial charge in [0.15, 0.2) is 0 Å². The monoisotopic (exact) mass is 198 g/mol. The first kappa shape index (κ1) is 10.1. The van der Waals surface area contributed by atoms with Crippen molar-refractivity contribution < 1.29 is 9.59 Å². The Morgan fingerprint density at radius 3 is 3.00 bits per heavy atom. The molecule has 1 atom stereocenters. The maximum Gasteiger partial charge on any atom is 0.219 e. The van der Waals surface area contributed by atoms with Crippen molar-refractivity contribution in [3.63, 3.8) is 0 Å². The van der Waals surface area contributed by atoms with E-state index >= 15 is 0 Å². The van der Waals surface area contributed by atoms with Crippen molar-refractivity contribution in [1.82, 2.24) is 4.90 Å². The molecule has 1 amide bonds. The average Bonchev–Trinajstić information content (AvgIpc) is 2.08. The second-order valence-corrected chi connectivity index (χ2v) is 3.87. The third kappa shape index (κ3) is 2.46. The van der Waals surface area contributed by atoms with Crippen molar-refractivity contribution in [2.24, 2.45) is 0 Å². The number of likely N-dealkylation sites (tertiary alicyclic amines) is 1. The van der Waals surface area contributed by atoms with Crippen molar-refractivity contribution in [2.45, 2.75) is 18.6 Å². The Kier molecular flexibility index (Phi) is 3.32. The van der Waals surface area contributed by atoms with E-state index in [0.29, 0.717) is 19.5 Å². The van der Waals surface area contributed by atoms with Crippen LogP contribution in [0.5, 0.6) is 0 Å². The smallest absolute Gasteiger partial charge is 0.219 e. The van der Waals surface area contributed by atoms with Gasteiger partial charge in [-0.1, -0.05) is 0 Å². The molecule has 1 fully saturated rings. The van der Waals surface area contributed by atoms with Gasteiger partial charge in [-0.25, -0.2) is 0 Å². The predicted molar refractivity (Wildman–Crippen MR) is 48.9 cm³/mol. The highest BCUT2D eigenvalue weighted by molar-refractivity contribution is 8.05. The van der Waals surface area contributed by atoms with Crippen LogP contribution in [-0.2, 0) is 9.59 Å². The number of Topliss-reactive ketones (excluding diaryl/α,β-unsaturated/α-hetero) is 1. The Labute approximate surface area is 80.9 Å². The Balaban J connectivity index is 2.58. The number of carbonyl (C=O) groups excluding carboxylic acids is 2. The fraction of sp³-hybridized carbons (Fsp3) is 0.625. The van der Waals surface area contributed by atoms with Gasteiger partial charge in [-0.15, -0.1) is 0 Å². The molecule has 0 aromatic rings. The lowest BCUT2D eigenvalue weighted by atomic mass is 10.1. The molecule has 13 heavy (non-hydrogen) atoms. The van der Waals surface area contributed by atoms with Crippen LogP contribution in [0.15, 0.2) is 0 Å². The lowest BCUT2D eigenvalue weighted by molar-refractivity contribution is -0.132. The topological polar surface area (TPSA) is 61.2 Å². The summed E-state index contributed by atoms with van der Waals surface area (Å²) in [6.45, 7) is 2.35. The van der Waals surface area contributed by atoms with Crippen molar-refractivity contribution in [3.05, 3.63) is 0 Å². The molecular weight excluding hydrogens is 188 g/mol. The molecule has 0 radical (unpaired) electrons. The minimum atomic E-state index is -0.345. The molecule has 0 aromatic carbocycles. The van der Waals surface area contributed by atoms with Crippen molar-refractivity contribution in [1.29, 1.82) is 5.26 Å². The molecule has 70 valence electrons. The predicted octanol–water partition coefficient (Wildman–Crippen LogP) is 0.391. The van der Waals surface area contributed by atoms with E-state index in [1.807, 2.05) is 5.40 Å². The van der Waals surface area contributed by atoms with Crippen LogP contribution < -0.4 is 0 Å². The van der Waals surface area contributed by atoms with E-state index in [4.69, 9.17) is 5.26 Å². The van der Waals surface area contributed by atoms with Gasteiger partial charge in [0.05, 0.1) is 5.25 Å². The minimum Gasteiger partial charge on any atom is -0.341 e. The van der Waals surface area contributed by atoms with Crippen molar-refractivity contribution in [2.75, 3.05) is 13.1 Å². The molecule has 1 saturated heterocycles. The molecule has 4 nitrogen and oxygen atoms in total. The largest absolute Gasteiger partial charge is 0.341 e. The second kappa shape index (κ2) is 4.28. The molecule has 0 N–H and O–H groups in total. The summed E-state index contributed by atoms with van der Waals surface area (Å²) in [5, 5.41) is 9.96. The van der Waals surface area contributed by atoms with Gasteiger partial charge in [-0.05, 0) is 11.8 Å². The maximum atomic E-state index is 11.2. The molecule has 1 aliphatic heterocycles. The van der Waals surface area contributed by atoms with E-state index in [0.717, 1.165) is 11.8 Å². The van der Waals surface area contributed by atoms with Gasteiger partial charge in [-0.2, -0.15) is 5.26 Å². The third-order valence-electron chi connectivity index (χ3n) is 2.01. The molecular formula is C8H10N2O2S. The van der Waals surface area contributed by atoms with Gasteiger partial charge in [0, 0.05) is 26.4 Å². The summed E-state index contributed by atoms with van der Waals surface area (Å²) in [5.41, 5.74) is 0. The third-order valence-corrected chi connectivity index (χ3v) is 2.82. The Hall–Kier alpha value is -1.02. The number of hydrogen-bond acceptors (Lipinski definition) is 4. The Bertz CT molecular complexity index is 272. The normalized spacial score (nSPS) is 22.6. The van der Waals surface area contributed by atoms with Crippen LogP contribution in [0.4, 0.5) is 0 Å². The number of piperidine rings is 1. The summed E-state index contributed by atoms with van der Waals surface area (Å²) in [6, 6.07) is 0. The molecule has 0 aliphatic carbocycles. The molecule has 5 heteroatoms. The highest BCUT2D eigenvalue weighted by Crippen LogP contribution is 2.18. The zero-order valence-electron chi connectivity index (χ0n) is 7.32. The van der Waals surface area contributed by atoms with Gasteiger partial charge < -0.3 is 4.90 Å². The van der Waals surface area contributed by atoms with E-state index in [1.54, 1.807) is 4.90 Å². The lowest BCUT2D eigenvalue weighted by Crippen LogP contribution is -2.44. The number of amides is 1. The fourth-order valence-electron chi connectivity index (χ4n) is 1.25. The summed E-state index contributed by atoms with van der Waals surface area (Å²) < 4.78 is 0. The highest BCUT2D eigenvalue weighted by Gasteiger charge is 2.28. The number of hydrogen-bond donors (Lipinski definition) is 0. The maximum absolute atomic E-state index is 11.2. The zero-order valence-corrected chi connectivity index (χ0v) is 8.13. The SMILES string of the molecule is CC(=O)N1CCC(=O)C(SC#N)C1. The summed E-state index contributed by atoms with van der Waals surface area (Å²) in [4.78, 5) is 23.8. The zero-order chi connectivity index (χ0) is 9.84. The molecule has 1 rings (SSSR count). The molecule has 0 bridgehead atoms. The first-order chi connectivity index (χ1) is 6.15. The average molecular weight is 198 g/mol. The van der Waals surface area contributed by atoms with E-state index in [9.17, 15) is 9.59 Å². The molecule has 0 saturated carbocycles. The van der Waals surface area contributed by atoms with E-state index in [-0.39, 0.29) is 16.9 Å². The molecule has 1 unspecified atom stereocenters. The van der Waals surface area contributed by atoms with Gasteiger partial charge >= 0.3 is 0 Å². The number of thioether (sulfide) groups is 1. The summed E-state index contributed by atoms with van der Waals surface area (Å²) in [7, 11) is 0. The van der Waals surface area contributed by atoms with Crippen LogP contribution in [0.25, 0.3) is 0 Å². The number of nitrogens with zero attached hydrogens (tertiary/aromatic N) is 2. The summed E-state index contributed by atoms with van der Waals surface area (Å²) in [6.07, 6.45) is 0.374. The quantitative estimate of drug-likeness (QED) is 0.572. The van der Waals surface area contributed by atoms with Gasteiger partial charge in [0.25, 0.3) is 0 Å². The highest BCUT2D eigenvalue weighted by atomic mass is 32.2. The van der Waals surface area contributed by atoms with Crippen molar-refractivity contribution >= 4 is 23.5 Å². The lowest BCUT2D eigenvalue weighted by Gasteiger charge is -2.29. The van der Waals surface area contributed by atoms with Crippen LogP contribution in [0.2, 0.25) is 0 Å². The summed E-state index contributed by atoms with van der Waals surface area (Å²) in [5.74, 6) is 0.0417.